The van der Waals surface area contributed by atoms with Gasteiger partial charge in [0.05, 0.1) is 5.02 Å². The zero-order valence-electron chi connectivity index (χ0n) is 11.3. The number of nitrogens with zero attached hydrogens (tertiary/aromatic N) is 1. The number of hydrogen-bond donors (Lipinski definition) is 1. The van der Waals surface area contributed by atoms with Crippen molar-refractivity contribution in [2.75, 3.05) is 0 Å². The molecule has 0 radical (unpaired) electrons. The summed E-state index contributed by atoms with van der Waals surface area (Å²) in [5.41, 5.74) is 8.16. The van der Waals surface area contributed by atoms with Crippen molar-refractivity contribution in [2.24, 2.45) is 5.73 Å². The molecule has 0 aliphatic heterocycles. The molecule has 1 atom stereocenters. The van der Waals surface area contributed by atoms with Crippen LogP contribution in [-0.4, -0.2) is 4.98 Å². The van der Waals surface area contributed by atoms with E-state index in [9.17, 15) is 4.39 Å². The van der Waals surface area contributed by atoms with Crippen LogP contribution in [0.4, 0.5) is 4.39 Å². The number of aromatic nitrogens is 1. The maximum Gasteiger partial charge on any atom is 0.131 e. The molecule has 1 aromatic heterocycles. The molecule has 2 nitrogen and oxygen atoms in total. The van der Waals surface area contributed by atoms with Gasteiger partial charge in [0.25, 0.3) is 0 Å². The molecule has 2 aromatic carbocycles. The van der Waals surface area contributed by atoms with Gasteiger partial charge < -0.3 is 5.73 Å². The molecule has 0 amide bonds. The van der Waals surface area contributed by atoms with Crippen molar-refractivity contribution in [3.63, 3.8) is 0 Å². The maximum absolute atomic E-state index is 13.9. The number of benzene rings is 2. The van der Waals surface area contributed by atoms with E-state index in [1.165, 1.54) is 6.07 Å². The second-order valence-electron chi connectivity index (χ2n) is 4.96. The first-order valence-corrected chi connectivity index (χ1v) is 7.05. The lowest BCUT2D eigenvalue weighted by Crippen LogP contribution is -2.14. The summed E-state index contributed by atoms with van der Waals surface area (Å²) in [5.74, 6) is -0.233. The van der Waals surface area contributed by atoms with Crippen LogP contribution in [0.25, 0.3) is 10.8 Å². The van der Waals surface area contributed by atoms with E-state index in [1.54, 1.807) is 24.5 Å². The van der Waals surface area contributed by atoms with Crippen molar-refractivity contribution in [1.82, 2.24) is 4.98 Å². The highest BCUT2D eigenvalue weighted by molar-refractivity contribution is 6.31. The molecule has 0 fully saturated rings. The second-order valence-corrected chi connectivity index (χ2v) is 5.37. The standard InChI is InChI=1S/C17H14ClFN2/c18-15-10-21-8-7-11(15)9-17(20)14-5-6-16(19)13-4-2-1-3-12(13)14/h1-8,10,17H,9,20H2. The number of pyridine rings is 1. The van der Waals surface area contributed by atoms with Crippen LogP contribution < -0.4 is 5.73 Å². The molecule has 0 bridgehead atoms. The molecular weight excluding hydrogens is 287 g/mol. The highest BCUT2D eigenvalue weighted by Gasteiger charge is 2.14. The first kappa shape index (κ1) is 14.0. The topological polar surface area (TPSA) is 38.9 Å². The molecule has 1 heterocycles. The zero-order valence-corrected chi connectivity index (χ0v) is 12.0. The molecule has 0 saturated heterocycles. The van der Waals surface area contributed by atoms with Gasteiger partial charge in [-0.25, -0.2) is 4.39 Å². The van der Waals surface area contributed by atoms with Crippen molar-refractivity contribution >= 4 is 22.4 Å². The van der Waals surface area contributed by atoms with E-state index < -0.39 is 0 Å². The van der Waals surface area contributed by atoms with E-state index >= 15 is 0 Å². The number of hydrogen-bond acceptors (Lipinski definition) is 2. The Hall–Kier alpha value is -1.97. The Kier molecular flexibility index (Phi) is 3.86. The Morgan fingerprint density at radius 1 is 1.10 bits per heavy atom. The van der Waals surface area contributed by atoms with Gasteiger partial charge in [0.1, 0.15) is 5.82 Å². The summed E-state index contributed by atoms with van der Waals surface area (Å²) in [7, 11) is 0. The van der Waals surface area contributed by atoms with Crippen LogP contribution in [-0.2, 0) is 6.42 Å². The van der Waals surface area contributed by atoms with E-state index in [1.807, 2.05) is 24.3 Å². The number of fused-ring (bicyclic) bond motifs is 1. The highest BCUT2D eigenvalue weighted by atomic mass is 35.5. The summed E-state index contributed by atoms with van der Waals surface area (Å²) in [4.78, 5) is 3.96. The van der Waals surface area contributed by atoms with Gasteiger partial charge in [-0.05, 0) is 35.1 Å². The van der Waals surface area contributed by atoms with Gasteiger partial charge in [0, 0.05) is 23.8 Å². The normalized spacial score (nSPS) is 12.5. The SMILES string of the molecule is NC(Cc1ccncc1Cl)c1ccc(F)c2ccccc12. The van der Waals surface area contributed by atoms with Gasteiger partial charge in [-0.3, -0.25) is 4.98 Å². The minimum Gasteiger partial charge on any atom is -0.324 e. The summed E-state index contributed by atoms with van der Waals surface area (Å²) >= 11 is 6.12. The minimum atomic E-state index is -0.254. The van der Waals surface area contributed by atoms with Crippen LogP contribution >= 0.6 is 11.6 Å². The summed E-state index contributed by atoms with van der Waals surface area (Å²) in [6, 6.07) is 12.2. The van der Waals surface area contributed by atoms with Gasteiger partial charge in [0.2, 0.25) is 0 Å². The van der Waals surface area contributed by atoms with E-state index in [0.717, 1.165) is 16.5 Å². The highest BCUT2D eigenvalue weighted by Crippen LogP contribution is 2.28. The molecule has 21 heavy (non-hydrogen) atoms. The third-order valence-corrected chi connectivity index (χ3v) is 3.94. The first-order chi connectivity index (χ1) is 10.2. The van der Waals surface area contributed by atoms with Crippen molar-refractivity contribution in [3.05, 3.63) is 76.8 Å². The third-order valence-electron chi connectivity index (χ3n) is 3.60. The van der Waals surface area contributed by atoms with Gasteiger partial charge >= 0.3 is 0 Å². The minimum absolute atomic E-state index is 0.233. The van der Waals surface area contributed by atoms with Crippen LogP contribution in [0.15, 0.2) is 54.9 Å². The fraction of sp³-hybridized carbons (Fsp3) is 0.118. The largest absolute Gasteiger partial charge is 0.324 e. The predicted octanol–water partition coefficient (Wildman–Crippen LogP) is 4.27. The van der Waals surface area contributed by atoms with Crippen molar-refractivity contribution in [2.45, 2.75) is 12.5 Å². The van der Waals surface area contributed by atoms with Crippen LogP contribution in [0, 0.1) is 5.82 Å². The van der Waals surface area contributed by atoms with Gasteiger partial charge in [-0.2, -0.15) is 0 Å². The third kappa shape index (κ3) is 2.75. The lowest BCUT2D eigenvalue weighted by molar-refractivity contribution is 0.637. The first-order valence-electron chi connectivity index (χ1n) is 6.68. The van der Waals surface area contributed by atoms with E-state index in [-0.39, 0.29) is 11.9 Å². The van der Waals surface area contributed by atoms with Crippen LogP contribution in [0.2, 0.25) is 5.02 Å². The number of rotatable bonds is 3. The van der Waals surface area contributed by atoms with E-state index in [0.29, 0.717) is 16.8 Å². The maximum atomic E-state index is 13.9. The Morgan fingerprint density at radius 3 is 2.62 bits per heavy atom. The van der Waals surface area contributed by atoms with Crippen molar-refractivity contribution in [3.8, 4) is 0 Å². The molecule has 0 saturated carbocycles. The van der Waals surface area contributed by atoms with Crippen LogP contribution in [0.1, 0.15) is 17.2 Å². The molecule has 0 spiro atoms. The Morgan fingerprint density at radius 2 is 1.86 bits per heavy atom. The summed E-state index contributed by atoms with van der Waals surface area (Å²) in [5, 5.41) is 2.03. The van der Waals surface area contributed by atoms with Gasteiger partial charge in [-0.15, -0.1) is 0 Å². The Labute approximate surface area is 127 Å². The molecule has 2 N–H and O–H groups in total. The summed E-state index contributed by atoms with van der Waals surface area (Å²) in [6.07, 6.45) is 3.88. The average molecular weight is 301 g/mol. The number of halogens is 2. The molecule has 3 aromatic rings. The molecule has 1 unspecified atom stereocenters. The van der Waals surface area contributed by atoms with Gasteiger partial charge in [-0.1, -0.05) is 41.9 Å². The molecule has 4 heteroatoms. The fourth-order valence-corrected chi connectivity index (χ4v) is 2.72. The van der Waals surface area contributed by atoms with Gasteiger partial charge in [0.15, 0.2) is 0 Å². The molecule has 106 valence electrons. The monoisotopic (exact) mass is 300 g/mol. The van der Waals surface area contributed by atoms with E-state index in [4.69, 9.17) is 17.3 Å². The quantitative estimate of drug-likeness (QED) is 0.784. The molecule has 0 aliphatic rings. The fourth-order valence-electron chi connectivity index (χ4n) is 2.53. The number of nitrogens with two attached hydrogens (primary N) is 1. The zero-order chi connectivity index (χ0) is 14.8. The average Bonchev–Trinajstić information content (AvgIpc) is 2.50. The van der Waals surface area contributed by atoms with Crippen LogP contribution in [0.5, 0.6) is 0 Å². The second kappa shape index (κ2) is 5.80. The lowest BCUT2D eigenvalue weighted by atomic mass is 9.95. The summed E-state index contributed by atoms with van der Waals surface area (Å²) < 4.78 is 13.9. The van der Waals surface area contributed by atoms with Crippen molar-refractivity contribution < 1.29 is 4.39 Å². The summed E-state index contributed by atoms with van der Waals surface area (Å²) in [6.45, 7) is 0. The Balaban J connectivity index is 2.01. The predicted molar refractivity (Wildman–Crippen MR) is 83.8 cm³/mol. The molecule has 0 aliphatic carbocycles. The smallest absolute Gasteiger partial charge is 0.131 e. The van der Waals surface area contributed by atoms with Crippen molar-refractivity contribution in [1.29, 1.82) is 0 Å². The Bertz CT molecular complexity index is 789. The van der Waals surface area contributed by atoms with Crippen LogP contribution in [0.3, 0.4) is 0 Å². The lowest BCUT2D eigenvalue weighted by Gasteiger charge is -2.16. The van der Waals surface area contributed by atoms with E-state index in [2.05, 4.69) is 4.98 Å². The molecular formula is C17H14ClFN2. The molecule has 3 rings (SSSR count).